The molecule has 1 aliphatic heterocycles. The molecule has 1 N–H and O–H groups in total. The monoisotopic (exact) mass is 304 g/mol. The fourth-order valence-electron chi connectivity index (χ4n) is 2.68. The molecule has 0 saturated carbocycles. The van der Waals surface area contributed by atoms with Crippen molar-refractivity contribution < 1.29 is 17.6 Å². The van der Waals surface area contributed by atoms with Crippen LogP contribution < -0.4 is 5.32 Å². The first kappa shape index (κ1) is 16.4. The molecule has 1 fully saturated rings. The van der Waals surface area contributed by atoms with Gasteiger partial charge < -0.3 is 9.73 Å². The van der Waals surface area contributed by atoms with Gasteiger partial charge >= 0.3 is 6.18 Å². The predicted octanol–water partition coefficient (Wildman–Crippen LogP) is 3.55. The minimum absolute atomic E-state index is 0.0770. The molecule has 1 aromatic rings. The lowest BCUT2D eigenvalue weighted by Gasteiger charge is -2.33. The van der Waals surface area contributed by atoms with E-state index in [0.717, 1.165) is 24.5 Å². The molecular weight excluding hydrogens is 281 g/mol. The number of hydrogen-bond donors (Lipinski definition) is 1. The minimum atomic E-state index is -4.09. The van der Waals surface area contributed by atoms with Crippen LogP contribution in [0.5, 0.6) is 0 Å². The van der Waals surface area contributed by atoms with Gasteiger partial charge in [0.1, 0.15) is 11.5 Å². The van der Waals surface area contributed by atoms with E-state index in [-0.39, 0.29) is 13.0 Å². The maximum atomic E-state index is 12.8. The SMILES string of the molecule is CCCNCc1ccc(CN2CCCC(C(F)(F)F)C2)o1. The van der Waals surface area contributed by atoms with Crippen molar-refractivity contribution in [3.05, 3.63) is 23.7 Å². The third-order valence-corrected chi connectivity index (χ3v) is 3.79. The molecule has 0 radical (unpaired) electrons. The van der Waals surface area contributed by atoms with Gasteiger partial charge in [-0.05, 0) is 44.5 Å². The Morgan fingerprint density at radius 2 is 2.10 bits per heavy atom. The molecule has 6 heteroatoms. The van der Waals surface area contributed by atoms with Crippen molar-refractivity contribution in [2.75, 3.05) is 19.6 Å². The summed E-state index contributed by atoms with van der Waals surface area (Å²) in [6.07, 6.45) is -2.20. The molecule has 2 rings (SSSR count). The van der Waals surface area contributed by atoms with E-state index in [1.807, 2.05) is 17.0 Å². The fraction of sp³-hybridized carbons (Fsp3) is 0.733. The Hall–Kier alpha value is -1.01. The average Bonchev–Trinajstić information content (AvgIpc) is 2.86. The molecule has 21 heavy (non-hydrogen) atoms. The van der Waals surface area contributed by atoms with Gasteiger partial charge in [0.15, 0.2) is 0 Å². The van der Waals surface area contributed by atoms with Crippen LogP contribution in [0.25, 0.3) is 0 Å². The van der Waals surface area contributed by atoms with E-state index >= 15 is 0 Å². The highest BCUT2D eigenvalue weighted by Crippen LogP contribution is 2.33. The molecule has 2 heterocycles. The lowest BCUT2D eigenvalue weighted by molar-refractivity contribution is -0.187. The first-order valence-electron chi connectivity index (χ1n) is 7.56. The van der Waals surface area contributed by atoms with Crippen LogP contribution in [0.3, 0.4) is 0 Å². The van der Waals surface area contributed by atoms with Crippen LogP contribution in [-0.4, -0.2) is 30.7 Å². The zero-order chi connectivity index (χ0) is 15.3. The van der Waals surface area contributed by atoms with E-state index in [1.54, 1.807) is 0 Å². The van der Waals surface area contributed by atoms with Gasteiger partial charge in [0, 0.05) is 6.54 Å². The number of furan rings is 1. The van der Waals surface area contributed by atoms with Crippen LogP contribution in [-0.2, 0) is 13.1 Å². The van der Waals surface area contributed by atoms with E-state index in [9.17, 15) is 13.2 Å². The lowest BCUT2D eigenvalue weighted by atomic mass is 9.97. The second-order valence-corrected chi connectivity index (χ2v) is 5.66. The zero-order valence-electron chi connectivity index (χ0n) is 12.4. The van der Waals surface area contributed by atoms with E-state index in [2.05, 4.69) is 12.2 Å². The number of alkyl halides is 3. The van der Waals surface area contributed by atoms with Crippen LogP contribution in [0.2, 0.25) is 0 Å². The quantitative estimate of drug-likeness (QED) is 0.815. The van der Waals surface area contributed by atoms with Gasteiger partial charge in [-0.3, -0.25) is 4.90 Å². The van der Waals surface area contributed by atoms with Gasteiger partial charge in [0.05, 0.1) is 19.0 Å². The molecule has 0 bridgehead atoms. The Labute approximate surface area is 123 Å². The van der Waals surface area contributed by atoms with Crippen LogP contribution in [0.4, 0.5) is 13.2 Å². The summed E-state index contributed by atoms with van der Waals surface area (Å²) in [5.41, 5.74) is 0. The molecule has 120 valence electrons. The number of likely N-dealkylation sites (tertiary alicyclic amines) is 1. The van der Waals surface area contributed by atoms with E-state index in [1.165, 1.54) is 0 Å². The average molecular weight is 304 g/mol. The second kappa shape index (κ2) is 7.31. The highest BCUT2D eigenvalue weighted by atomic mass is 19.4. The number of hydrogen-bond acceptors (Lipinski definition) is 3. The molecule has 0 aliphatic carbocycles. The molecule has 3 nitrogen and oxygen atoms in total. The molecule has 1 unspecified atom stereocenters. The maximum Gasteiger partial charge on any atom is 0.393 e. The Morgan fingerprint density at radius 3 is 2.81 bits per heavy atom. The van der Waals surface area contributed by atoms with Crippen LogP contribution in [0.15, 0.2) is 16.5 Å². The normalized spacial score (nSPS) is 20.9. The third-order valence-electron chi connectivity index (χ3n) is 3.79. The van der Waals surface area contributed by atoms with E-state index in [4.69, 9.17) is 4.42 Å². The third kappa shape index (κ3) is 5.04. The lowest BCUT2D eigenvalue weighted by Crippen LogP contribution is -2.41. The van der Waals surface area contributed by atoms with Crippen molar-refractivity contribution in [1.82, 2.24) is 10.2 Å². The first-order valence-corrected chi connectivity index (χ1v) is 7.56. The van der Waals surface area contributed by atoms with Crippen molar-refractivity contribution in [3.63, 3.8) is 0 Å². The van der Waals surface area contributed by atoms with E-state index < -0.39 is 12.1 Å². The molecule has 1 saturated heterocycles. The highest BCUT2D eigenvalue weighted by Gasteiger charge is 2.41. The topological polar surface area (TPSA) is 28.4 Å². The Bertz CT molecular complexity index is 431. The summed E-state index contributed by atoms with van der Waals surface area (Å²) in [4.78, 5) is 1.84. The molecule has 0 aromatic carbocycles. The molecule has 1 atom stereocenters. The summed E-state index contributed by atoms with van der Waals surface area (Å²) < 4.78 is 44.0. The summed E-state index contributed by atoms with van der Waals surface area (Å²) in [5.74, 6) is 0.376. The number of halogens is 3. The van der Waals surface area contributed by atoms with Crippen molar-refractivity contribution >= 4 is 0 Å². The molecule has 0 spiro atoms. The highest BCUT2D eigenvalue weighted by molar-refractivity contribution is 5.07. The minimum Gasteiger partial charge on any atom is -0.463 e. The first-order chi connectivity index (χ1) is 9.99. The van der Waals surface area contributed by atoms with Crippen molar-refractivity contribution in [2.24, 2.45) is 5.92 Å². The fourth-order valence-corrected chi connectivity index (χ4v) is 2.68. The van der Waals surface area contributed by atoms with Gasteiger partial charge in [-0.15, -0.1) is 0 Å². The van der Waals surface area contributed by atoms with Gasteiger partial charge in [0.25, 0.3) is 0 Å². The summed E-state index contributed by atoms with van der Waals surface area (Å²) in [6.45, 7) is 4.92. The number of nitrogens with zero attached hydrogens (tertiary/aromatic N) is 1. The Morgan fingerprint density at radius 1 is 1.33 bits per heavy atom. The largest absolute Gasteiger partial charge is 0.463 e. The molecule has 1 aromatic heterocycles. The smallest absolute Gasteiger partial charge is 0.393 e. The van der Waals surface area contributed by atoms with Crippen LogP contribution >= 0.6 is 0 Å². The van der Waals surface area contributed by atoms with Gasteiger partial charge in [-0.1, -0.05) is 6.92 Å². The Balaban J connectivity index is 1.84. The number of piperidine rings is 1. The molecule has 1 aliphatic rings. The summed E-state index contributed by atoms with van der Waals surface area (Å²) in [5, 5.41) is 3.24. The van der Waals surface area contributed by atoms with Gasteiger partial charge in [-0.25, -0.2) is 0 Å². The summed E-state index contributed by atoms with van der Waals surface area (Å²) in [6, 6.07) is 3.75. The zero-order valence-corrected chi connectivity index (χ0v) is 12.4. The number of nitrogens with one attached hydrogen (secondary N) is 1. The van der Waals surface area contributed by atoms with Crippen LogP contribution in [0, 0.1) is 5.92 Å². The van der Waals surface area contributed by atoms with Crippen molar-refractivity contribution in [1.29, 1.82) is 0 Å². The van der Waals surface area contributed by atoms with Gasteiger partial charge in [-0.2, -0.15) is 13.2 Å². The second-order valence-electron chi connectivity index (χ2n) is 5.66. The predicted molar refractivity (Wildman–Crippen MR) is 74.8 cm³/mol. The maximum absolute atomic E-state index is 12.8. The number of rotatable bonds is 6. The van der Waals surface area contributed by atoms with Crippen molar-refractivity contribution in [3.8, 4) is 0 Å². The van der Waals surface area contributed by atoms with E-state index in [0.29, 0.717) is 26.1 Å². The summed E-state index contributed by atoms with van der Waals surface area (Å²) in [7, 11) is 0. The standard InChI is InChI=1S/C15H23F3N2O/c1-2-7-19-9-13-5-6-14(21-13)11-20-8-3-4-12(10-20)15(16,17)18/h5-6,12,19H,2-4,7-11H2,1H3. The summed E-state index contributed by atoms with van der Waals surface area (Å²) >= 11 is 0. The molecule has 0 amide bonds. The van der Waals surface area contributed by atoms with Crippen molar-refractivity contribution in [2.45, 2.75) is 45.5 Å². The molecular formula is C15H23F3N2O. The Kier molecular flexibility index (Phi) is 5.70. The van der Waals surface area contributed by atoms with Crippen LogP contribution in [0.1, 0.15) is 37.7 Å². The van der Waals surface area contributed by atoms with Gasteiger partial charge in [0.2, 0.25) is 0 Å².